The lowest BCUT2D eigenvalue weighted by atomic mass is 9.98. The first-order valence-electron chi connectivity index (χ1n) is 11.7. The first-order valence-corrected chi connectivity index (χ1v) is 11.7. The van der Waals surface area contributed by atoms with Gasteiger partial charge in [0.25, 0.3) is 0 Å². The van der Waals surface area contributed by atoms with Crippen LogP contribution in [0.25, 0.3) is 23.0 Å². The summed E-state index contributed by atoms with van der Waals surface area (Å²) >= 11 is 0. The number of benzene rings is 3. The number of carbonyl (C=O) groups excluding carboxylic acids is 1. The van der Waals surface area contributed by atoms with Gasteiger partial charge in [0.1, 0.15) is 5.65 Å². The lowest BCUT2D eigenvalue weighted by Gasteiger charge is -2.19. The third kappa shape index (κ3) is 4.92. The Morgan fingerprint density at radius 2 is 1.46 bits per heavy atom. The van der Waals surface area contributed by atoms with Crippen LogP contribution in [0.3, 0.4) is 0 Å². The molecule has 0 aliphatic heterocycles. The van der Waals surface area contributed by atoms with E-state index in [4.69, 9.17) is 4.98 Å². The predicted molar refractivity (Wildman–Crippen MR) is 142 cm³/mol. The Morgan fingerprint density at radius 3 is 2.09 bits per heavy atom. The summed E-state index contributed by atoms with van der Waals surface area (Å²) in [4.78, 5) is 18.0. The molecule has 0 atom stereocenters. The van der Waals surface area contributed by atoms with Crippen LogP contribution in [0.15, 0.2) is 109 Å². The fraction of sp³-hybridized carbons (Fsp3) is 0.0968. The number of carbonyl (C=O) groups is 1. The molecule has 0 aliphatic rings. The van der Waals surface area contributed by atoms with Gasteiger partial charge >= 0.3 is 0 Å². The molecule has 0 radical (unpaired) electrons. The van der Waals surface area contributed by atoms with Gasteiger partial charge in [0.05, 0.1) is 17.4 Å². The average molecular weight is 458 g/mol. The topological polar surface area (TPSA) is 46.4 Å². The summed E-state index contributed by atoms with van der Waals surface area (Å²) in [6, 6.07) is 32.2. The Morgan fingerprint density at radius 1 is 0.829 bits per heavy atom. The van der Waals surface area contributed by atoms with E-state index < -0.39 is 0 Å². The van der Waals surface area contributed by atoms with Gasteiger partial charge < -0.3 is 5.32 Å². The molecule has 0 saturated carbocycles. The fourth-order valence-corrected chi connectivity index (χ4v) is 4.24. The summed E-state index contributed by atoms with van der Waals surface area (Å²) in [5, 5.41) is 3.18. The lowest BCUT2D eigenvalue weighted by molar-refractivity contribution is -0.116. The molecule has 0 saturated heterocycles. The van der Waals surface area contributed by atoms with Gasteiger partial charge in [-0.15, -0.1) is 0 Å². The van der Waals surface area contributed by atoms with Crippen molar-refractivity contribution < 1.29 is 4.79 Å². The highest BCUT2D eigenvalue weighted by Gasteiger charge is 2.16. The smallest absolute Gasteiger partial charge is 0.244 e. The monoisotopic (exact) mass is 457 g/mol. The quantitative estimate of drug-likeness (QED) is 0.294. The molecule has 3 aromatic carbocycles. The van der Waals surface area contributed by atoms with E-state index in [1.165, 1.54) is 5.56 Å². The van der Waals surface area contributed by atoms with Crippen LogP contribution in [0.2, 0.25) is 0 Å². The lowest BCUT2D eigenvalue weighted by Crippen LogP contribution is -2.27. The normalized spacial score (nSPS) is 11.4. The molecule has 1 N–H and O–H groups in total. The van der Waals surface area contributed by atoms with Crippen LogP contribution in [0.5, 0.6) is 0 Å². The Bertz CT molecular complexity index is 1440. The highest BCUT2D eigenvalue weighted by Crippen LogP contribution is 2.27. The molecule has 0 fully saturated rings. The minimum Gasteiger partial charge on any atom is -0.342 e. The van der Waals surface area contributed by atoms with Crippen molar-refractivity contribution in [3.05, 3.63) is 137 Å². The predicted octanol–water partition coefficient (Wildman–Crippen LogP) is 6.54. The molecule has 5 aromatic rings. The van der Waals surface area contributed by atoms with Crippen LogP contribution in [0, 0.1) is 13.8 Å². The first-order chi connectivity index (χ1) is 17.1. The highest BCUT2D eigenvalue weighted by molar-refractivity contribution is 5.93. The molecule has 4 heteroatoms. The van der Waals surface area contributed by atoms with E-state index in [0.29, 0.717) is 0 Å². The number of pyridine rings is 1. The van der Waals surface area contributed by atoms with Crippen LogP contribution < -0.4 is 5.32 Å². The summed E-state index contributed by atoms with van der Waals surface area (Å²) in [5.41, 5.74) is 7.99. The van der Waals surface area contributed by atoms with Crippen molar-refractivity contribution >= 4 is 17.6 Å². The van der Waals surface area contributed by atoms with Gasteiger partial charge in [0, 0.05) is 17.8 Å². The maximum atomic E-state index is 13.2. The van der Waals surface area contributed by atoms with E-state index in [9.17, 15) is 4.79 Å². The Hall–Kier alpha value is -4.44. The maximum Gasteiger partial charge on any atom is 0.244 e. The van der Waals surface area contributed by atoms with Gasteiger partial charge in [0.2, 0.25) is 5.91 Å². The molecule has 0 aliphatic carbocycles. The number of aromatic nitrogens is 2. The second kappa shape index (κ2) is 9.82. The summed E-state index contributed by atoms with van der Waals surface area (Å²) < 4.78 is 2.03. The molecule has 35 heavy (non-hydrogen) atoms. The minimum absolute atomic E-state index is 0.167. The standard InChI is InChI=1S/C31H27N3O/c1-22-13-15-26(16-14-22)31-27(34-20-19-23(2)21-28(34)32-31)17-18-29(35)33-30(24-9-5-3-6-10-24)25-11-7-4-8-12-25/h3-21,30H,1-2H3,(H,33,35)/b18-17+. The van der Waals surface area contributed by atoms with Gasteiger partial charge in [-0.1, -0.05) is 90.5 Å². The molecule has 2 aromatic heterocycles. The minimum atomic E-state index is -0.240. The molecular formula is C31H27N3O. The third-order valence-electron chi connectivity index (χ3n) is 6.09. The number of nitrogens with one attached hydrogen (secondary N) is 1. The van der Waals surface area contributed by atoms with Crippen molar-refractivity contribution in [2.45, 2.75) is 19.9 Å². The summed E-state index contributed by atoms with van der Waals surface area (Å²) in [7, 11) is 0. The zero-order chi connectivity index (χ0) is 24.2. The van der Waals surface area contributed by atoms with E-state index in [-0.39, 0.29) is 11.9 Å². The first kappa shape index (κ1) is 22.4. The molecule has 0 bridgehead atoms. The van der Waals surface area contributed by atoms with Crippen molar-refractivity contribution in [2.75, 3.05) is 0 Å². The molecule has 5 rings (SSSR count). The molecule has 4 nitrogen and oxygen atoms in total. The zero-order valence-corrected chi connectivity index (χ0v) is 19.8. The van der Waals surface area contributed by atoms with Crippen molar-refractivity contribution in [1.82, 2.24) is 14.7 Å². The average Bonchev–Trinajstić information content (AvgIpc) is 3.25. The van der Waals surface area contributed by atoms with Gasteiger partial charge in [-0.25, -0.2) is 4.98 Å². The largest absolute Gasteiger partial charge is 0.342 e. The number of rotatable bonds is 6. The molecule has 1 amide bonds. The van der Waals surface area contributed by atoms with E-state index in [2.05, 4.69) is 49.5 Å². The van der Waals surface area contributed by atoms with E-state index in [1.54, 1.807) is 6.08 Å². The SMILES string of the molecule is Cc1ccc(-c2nc3cc(C)ccn3c2/C=C/C(=O)NC(c2ccccc2)c2ccccc2)cc1. The van der Waals surface area contributed by atoms with Crippen LogP contribution in [-0.2, 0) is 4.79 Å². The van der Waals surface area contributed by atoms with Gasteiger partial charge in [-0.05, 0) is 48.7 Å². The van der Waals surface area contributed by atoms with Crippen molar-refractivity contribution in [3.8, 4) is 11.3 Å². The van der Waals surface area contributed by atoms with Crippen LogP contribution in [-0.4, -0.2) is 15.3 Å². The van der Waals surface area contributed by atoms with Gasteiger partial charge in [0.15, 0.2) is 0 Å². The van der Waals surface area contributed by atoms with E-state index in [1.807, 2.05) is 83.4 Å². The Labute approximate surface area is 205 Å². The maximum absolute atomic E-state index is 13.2. The Balaban J connectivity index is 1.49. The molecule has 172 valence electrons. The molecule has 0 spiro atoms. The van der Waals surface area contributed by atoms with Gasteiger partial charge in [-0.3, -0.25) is 9.20 Å². The number of aryl methyl sites for hydroxylation is 2. The van der Waals surface area contributed by atoms with Crippen LogP contribution >= 0.6 is 0 Å². The van der Waals surface area contributed by atoms with Crippen LogP contribution in [0.4, 0.5) is 0 Å². The number of amides is 1. The van der Waals surface area contributed by atoms with Crippen molar-refractivity contribution in [1.29, 1.82) is 0 Å². The molecule has 0 unspecified atom stereocenters. The summed E-state index contributed by atoms with van der Waals surface area (Å²) in [6.07, 6.45) is 5.45. The second-order valence-corrected chi connectivity index (χ2v) is 8.74. The third-order valence-corrected chi connectivity index (χ3v) is 6.09. The fourth-order valence-electron chi connectivity index (χ4n) is 4.24. The zero-order valence-electron chi connectivity index (χ0n) is 19.8. The number of fused-ring (bicyclic) bond motifs is 1. The number of hydrogen-bond acceptors (Lipinski definition) is 2. The number of imidazole rings is 1. The van der Waals surface area contributed by atoms with Crippen LogP contribution in [0.1, 0.15) is 34.0 Å². The van der Waals surface area contributed by atoms with Gasteiger partial charge in [-0.2, -0.15) is 0 Å². The molecule has 2 heterocycles. The number of nitrogens with zero attached hydrogens (tertiary/aromatic N) is 2. The molecular weight excluding hydrogens is 430 g/mol. The van der Waals surface area contributed by atoms with Crippen molar-refractivity contribution in [3.63, 3.8) is 0 Å². The van der Waals surface area contributed by atoms with Crippen molar-refractivity contribution in [2.24, 2.45) is 0 Å². The highest BCUT2D eigenvalue weighted by atomic mass is 16.1. The van der Waals surface area contributed by atoms with E-state index >= 15 is 0 Å². The second-order valence-electron chi connectivity index (χ2n) is 8.74. The van der Waals surface area contributed by atoms with E-state index in [0.717, 1.165) is 39.3 Å². The summed E-state index contributed by atoms with van der Waals surface area (Å²) in [5.74, 6) is -0.167. The summed E-state index contributed by atoms with van der Waals surface area (Å²) in [6.45, 7) is 4.12. The number of hydrogen-bond donors (Lipinski definition) is 1. The Kier molecular flexibility index (Phi) is 6.27.